The minimum Gasteiger partial charge on any atom is -0.354 e. The van der Waals surface area contributed by atoms with Gasteiger partial charge in [0.25, 0.3) is 11.6 Å². The lowest BCUT2D eigenvalue weighted by Crippen LogP contribution is -2.18. The predicted molar refractivity (Wildman–Crippen MR) is 140 cm³/mol. The van der Waals surface area contributed by atoms with Crippen LogP contribution in [0.2, 0.25) is 0 Å². The molecule has 0 atom stereocenters. The van der Waals surface area contributed by atoms with Crippen LogP contribution in [0.25, 0.3) is 22.5 Å². The number of aromatic amines is 1. The first-order valence-electron chi connectivity index (χ1n) is 11.4. The van der Waals surface area contributed by atoms with Gasteiger partial charge in [-0.15, -0.1) is 0 Å². The summed E-state index contributed by atoms with van der Waals surface area (Å²) < 4.78 is 0. The van der Waals surface area contributed by atoms with Crippen LogP contribution in [-0.2, 0) is 16.1 Å². The van der Waals surface area contributed by atoms with Gasteiger partial charge in [0, 0.05) is 54.3 Å². The van der Waals surface area contributed by atoms with E-state index in [2.05, 4.69) is 25.9 Å². The fraction of sp³-hybridized carbons (Fsp3) is 0.0741. The van der Waals surface area contributed by atoms with Crippen molar-refractivity contribution < 1.29 is 14.5 Å². The SMILES string of the molecule is CC(=O)NCc1ccc(/C(Nc2ccc(-c3c[nH]cn3)cc2)=C2/C(=O)Nc3ccc([N+](=O)[O-])cc32)cc1. The molecule has 1 aliphatic heterocycles. The number of carbonyl (C=O) groups excluding carboxylic acids is 2. The molecule has 1 aliphatic rings. The average Bonchev–Trinajstić information content (AvgIpc) is 3.54. The van der Waals surface area contributed by atoms with E-state index in [9.17, 15) is 19.7 Å². The van der Waals surface area contributed by atoms with Crippen LogP contribution in [0, 0.1) is 10.1 Å². The van der Waals surface area contributed by atoms with Gasteiger partial charge in [-0.25, -0.2) is 4.98 Å². The van der Waals surface area contributed by atoms with Crippen molar-refractivity contribution in [2.24, 2.45) is 0 Å². The first kappa shape index (κ1) is 23.5. The third-order valence-corrected chi connectivity index (χ3v) is 5.94. The molecule has 184 valence electrons. The molecule has 4 aromatic rings. The second-order valence-corrected chi connectivity index (χ2v) is 8.45. The van der Waals surface area contributed by atoms with Crippen LogP contribution in [-0.4, -0.2) is 26.7 Å². The van der Waals surface area contributed by atoms with Crippen LogP contribution >= 0.6 is 0 Å². The molecule has 10 heteroatoms. The van der Waals surface area contributed by atoms with Crippen molar-refractivity contribution in [3.05, 3.63) is 106 Å². The van der Waals surface area contributed by atoms with E-state index in [0.717, 1.165) is 22.5 Å². The molecule has 37 heavy (non-hydrogen) atoms. The largest absolute Gasteiger partial charge is 0.354 e. The number of benzene rings is 3. The number of hydrogen-bond acceptors (Lipinski definition) is 6. The Hall–Kier alpha value is -5.25. The number of anilines is 2. The number of aromatic nitrogens is 2. The zero-order valence-electron chi connectivity index (χ0n) is 19.7. The van der Waals surface area contributed by atoms with Gasteiger partial charge in [-0.1, -0.05) is 36.4 Å². The normalized spacial score (nSPS) is 13.5. The van der Waals surface area contributed by atoms with E-state index in [-0.39, 0.29) is 17.5 Å². The van der Waals surface area contributed by atoms with Crippen molar-refractivity contribution in [3.8, 4) is 11.3 Å². The Labute approximate surface area is 211 Å². The molecule has 0 saturated heterocycles. The van der Waals surface area contributed by atoms with E-state index in [1.807, 2.05) is 48.5 Å². The molecule has 0 fully saturated rings. The van der Waals surface area contributed by atoms with Crippen LogP contribution in [0.4, 0.5) is 17.1 Å². The molecular formula is C27H22N6O4. The molecule has 2 amide bonds. The van der Waals surface area contributed by atoms with Gasteiger partial charge in [0.1, 0.15) is 0 Å². The van der Waals surface area contributed by atoms with Crippen molar-refractivity contribution in [1.29, 1.82) is 0 Å². The molecule has 0 spiro atoms. The number of nitrogens with one attached hydrogen (secondary N) is 4. The second-order valence-electron chi connectivity index (χ2n) is 8.45. The quantitative estimate of drug-likeness (QED) is 0.169. The van der Waals surface area contributed by atoms with Gasteiger partial charge in [-0.05, 0) is 29.3 Å². The molecule has 0 saturated carbocycles. The number of amides is 2. The number of fused-ring (bicyclic) bond motifs is 1. The number of H-pyrrole nitrogens is 1. The Bertz CT molecular complexity index is 1520. The zero-order valence-corrected chi connectivity index (χ0v) is 19.7. The lowest BCUT2D eigenvalue weighted by Gasteiger charge is -2.16. The van der Waals surface area contributed by atoms with Crippen LogP contribution < -0.4 is 16.0 Å². The Morgan fingerprint density at radius 3 is 2.46 bits per heavy atom. The molecule has 3 aromatic carbocycles. The van der Waals surface area contributed by atoms with Crippen molar-refractivity contribution in [1.82, 2.24) is 15.3 Å². The maximum atomic E-state index is 13.1. The highest BCUT2D eigenvalue weighted by Crippen LogP contribution is 2.39. The number of nitro groups is 1. The van der Waals surface area contributed by atoms with E-state index >= 15 is 0 Å². The molecule has 0 radical (unpaired) electrons. The number of nitrogens with zero attached hydrogens (tertiary/aromatic N) is 2. The van der Waals surface area contributed by atoms with Crippen molar-refractivity contribution >= 4 is 40.1 Å². The molecule has 1 aromatic heterocycles. The van der Waals surface area contributed by atoms with Gasteiger partial charge in [0.05, 0.1) is 28.2 Å². The minimum atomic E-state index is -0.488. The fourth-order valence-corrected chi connectivity index (χ4v) is 4.10. The Morgan fingerprint density at radius 1 is 1.05 bits per heavy atom. The molecule has 0 bridgehead atoms. The molecule has 4 N–H and O–H groups in total. The molecule has 10 nitrogen and oxygen atoms in total. The van der Waals surface area contributed by atoms with Crippen molar-refractivity contribution in [2.75, 3.05) is 10.6 Å². The van der Waals surface area contributed by atoms with Gasteiger partial charge in [0.15, 0.2) is 0 Å². The molecule has 2 heterocycles. The first-order chi connectivity index (χ1) is 17.9. The van der Waals surface area contributed by atoms with Crippen LogP contribution in [0.5, 0.6) is 0 Å². The summed E-state index contributed by atoms with van der Waals surface area (Å²) in [7, 11) is 0. The van der Waals surface area contributed by atoms with E-state index in [1.165, 1.54) is 25.1 Å². The highest BCUT2D eigenvalue weighted by atomic mass is 16.6. The summed E-state index contributed by atoms with van der Waals surface area (Å²) in [6, 6.07) is 19.2. The zero-order chi connectivity index (χ0) is 25.9. The Kier molecular flexibility index (Phi) is 6.21. The summed E-state index contributed by atoms with van der Waals surface area (Å²) in [6.07, 6.45) is 3.40. The summed E-state index contributed by atoms with van der Waals surface area (Å²) in [5, 5.41) is 20.3. The number of carbonyl (C=O) groups is 2. The number of imidazole rings is 1. The minimum absolute atomic E-state index is 0.110. The summed E-state index contributed by atoms with van der Waals surface area (Å²) in [5.41, 5.74) is 5.65. The average molecular weight is 495 g/mol. The van der Waals surface area contributed by atoms with Crippen LogP contribution in [0.3, 0.4) is 0 Å². The summed E-state index contributed by atoms with van der Waals surface area (Å²) in [5.74, 6) is -0.499. The molecular weight excluding hydrogens is 472 g/mol. The number of rotatable bonds is 7. The third-order valence-electron chi connectivity index (χ3n) is 5.94. The van der Waals surface area contributed by atoms with Crippen molar-refractivity contribution in [3.63, 3.8) is 0 Å². The van der Waals surface area contributed by atoms with E-state index in [1.54, 1.807) is 12.5 Å². The van der Waals surface area contributed by atoms with Gasteiger partial charge in [-0.2, -0.15) is 0 Å². The maximum Gasteiger partial charge on any atom is 0.270 e. The third kappa shape index (κ3) is 4.94. The van der Waals surface area contributed by atoms with Gasteiger partial charge in [-0.3, -0.25) is 19.7 Å². The fourth-order valence-electron chi connectivity index (χ4n) is 4.10. The monoisotopic (exact) mass is 494 g/mol. The highest BCUT2D eigenvalue weighted by Gasteiger charge is 2.30. The molecule has 5 rings (SSSR count). The maximum absolute atomic E-state index is 13.1. The Balaban J connectivity index is 1.58. The molecule has 0 aliphatic carbocycles. The smallest absolute Gasteiger partial charge is 0.270 e. The van der Waals surface area contributed by atoms with E-state index in [4.69, 9.17) is 0 Å². The van der Waals surface area contributed by atoms with Crippen LogP contribution in [0.15, 0.2) is 79.3 Å². The van der Waals surface area contributed by atoms with Crippen LogP contribution in [0.1, 0.15) is 23.6 Å². The number of hydrogen-bond donors (Lipinski definition) is 4. The molecule has 0 unspecified atom stereocenters. The Morgan fingerprint density at radius 2 is 1.81 bits per heavy atom. The highest BCUT2D eigenvalue weighted by molar-refractivity contribution is 6.37. The lowest BCUT2D eigenvalue weighted by atomic mass is 9.98. The van der Waals surface area contributed by atoms with Gasteiger partial charge < -0.3 is 20.9 Å². The summed E-state index contributed by atoms with van der Waals surface area (Å²) in [4.78, 5) is 42.5. The van der Waals surface area contributed by atoms with E-state index in [0.29, 0.717) is 34.6 Å². The topological polar surface area (TPSA) is 142 Å². The standard InChI is InChI=1S/C27H22N6O4/c1-16(34)29-13-17-2-4-19(5-3-17)26(31-20-8-6-18(7-9-20)24-14-28-15-30-24)25-22-12-21(33(36)37)10-11-23(22)32-27(25)35/h2-12,14-15,31H,13H2,1H3,(H,28,30)(H,29,34)(H,32,35)/b26-25-. The first-order valence-corrected chi connectivity index (χ1v) is 11.4. The number of nitro benzene ring substituents is 1. The van der Waals surface area contributed by atoms with Crippen molar-refractivity contribution in [2.45, 2.75) is 13.5 Å². The summed E-state index contributed by atoms with van der Waals surface area (Å²) >= 11 is 0. The van der Waals surface area contributed by atoms with Gasteiger partial charge in [0.2, 0.25) is 5.91 Å². The lowest BCUT2D eigenvalue weighted by molar-refractivity contribution is -0.384. The van der Waals surface area contributed by atoms with E-state index < -0.39 is 4.92 Å². The van der Waals surface area contributed by atoms with Gasteiger partial charge >= 0.3 is 0 Å². The number of non-ortho nitro benzene ring substituents is 1. The predicted octanol–water partition coefficient (Wildman–Crippen LogP) is 4.55. The second kappa shape index (κ2) is 9.78. The summed E-state index contributed by atoms with van der Waals surface area (Å²) in [6.45, 7) is 1.83.